The van der Waals surface area contributed by atoms with Gasteiger partial charge in [0.05, 0.1) is 13.0 Å². The van der Waals surface area contributed by atoms with Crippen LogP contribution in [-0.4, -0.2) is 36.6 Å². The highest BCUT2D eigenvalue weighted by atomic mass is 16.5. The molecule has 64 valence electrons. The van der Waals surface area contributed by atoms with E-state index in [9.17, 15) is 4.79 Å². The van der Waals surface area contributed by atoms with Gasteiger partial charge in [0, 0.05) is 19.1 Å². The zero-order valence-electron chi connectivity index (χ0n) is 7.17. The Morgan fingerprint density at radius 3 is 2.73 bits per heavy atom. The van der Waals surface area contributed by atoms with Gasteiger partial charge >= 0.3 is 5.97 Å². The first-order chi connectivity index (χ1) is 5.24. The van der Waals surface area contributed by atoms with Crippen LogP contribution in [0, 0.1) is 0 Å². The van der Waals surface area contributed by atoms with Crippen LogP contribution in [0.5, 0.6) is 0 Å². The molecular formula is C8H15NO2. The van der Waals surface area contributed by atoms with Gasteiger partial charge in [-0.3, -0.25) is 9.69 Å². The summed E-state index contributed by atoms with van der Waals surface area (Å²) in [5.74, 6) is -0.0769. The van der Waals surface area contributed by atoms with E-state index >= 15 is 0 Å². The molecule has 0 bridgehead atoms. The number of ether oxygens (including phenoxy) is 1. The summed E-state index contributed by atoms with van der Waals surface area (Å²) in [4.78, 5) is 13.2. The fraction of sp³-hybridized carbons (Fsp3) is 0.875. The highest BCUT2D eigenvalue weighted by Gasteiger charge is 2.25. The lowest BCUT2D eigenvalue weighted by Gasteiger charge is -2.10. The molecule has 1 atom stereocenters. The number of carbonyl (C=O) groups excluding carboxylic acids is 1. The predicted octanol–water partition coefficient (Wildman–Crippen LogP) is 0.644. The number of esters is 1. The molecule has 0 N–H and O–H groups in total. The highest BCUT2D eigenvalue weighted by molar-refractivity contribution is 5.70. The normalized spacial score (nSPS) is 19.5. The van der Waals surface area contributed by atoms with Crippen LogP contribution in [0.4, 0.5) is 0 Å². The smallest absolute Gasteiger partial charge is 0.307 e. The molecule has 0 amide bonds. The zero-order chi connectivity index (χ0) is 8.27. The summed E-state index contributed by atoms with van der Waals surface area (Å²) in [6, 6.07) is 0.369. The average Bonchev–Trinajstić information content (AvgIpc) is 2.67. The molecule has 1 heterocycles. The van der Waals surface area contributed by atoms with Crippen LogP contribution in [0.15, 0.2) is 0 Å². The molecule has 1 unspecified atom stereocenters. The SMILES string of the molecule is CCOC(=O)CC(C)N1CC1. The summed E-state index contributed by atoms with van der Waals surface area (Å²) in [5.41, 5.74) is 0. The molecule has 1 saturated heterocycles. The number of hydrogen-bond acceptors (Lipinski definition) is 3. The van der Waals surface area contributed by atoms with Gasteiger partial charge in [-0.15, -0.1) is 0 Å². The van der Waals surface area contributed by atoms with E-state index in [1.165, 1.54) is 0 Å². The van der Waals surface area contributed by atoms with E-state index in [2.05, 4.69) is 11.8 Å². The second kappa shape index (κ2) is 3.72. The van der Waals surface area contributed by atoms with Crippen molar-refractivity contribution < 1.29 is 9.53 Å². The van der Waals surface area contributed by atoms with Gasteiger partial charge < -0.3 is 4.74 Å². The number of rotatable bonds is 4. The number of carbonyl (C=O) groups is 1. The van der Waals surface area contributed by atoms with Crippen molar-refractivity contribution >= 4 is 5.97 Å². The van der Waals surface area contributed by atoms with Crippen molar-refractivity contribution in [3.05, 3.63) is 0 Å². The van der Waals surface area contributed by atoms with E-state index in [-0.39, 0.29) is 5.97 Å². The van der Waals surface area contributed by atoms with Crippen molar-refractivity contribution in [3.8, 4) is 0 Å². The lowest BCUT2D eigenvalue weighted by atomic mass is 10.2. The minimum Gasteiger partial charge on any atom is -0.466 e. The van der Waals surface area contributed by atoms with Gasteiger partial charge in [-0.1, -0.05) is 0 Å². The second-order valence-electron chi connectivity index (χ2n) is 2.89. The standard InChI is InChI=1S/C8H15NO2/c1-3-11-8(10)6-7(2)9-4-5-9/h7H,3-6H2,1-2H3. The molecule has 0 aromatic carbocycles. The molecule has 0 aliphatic carbocycles. The Morgan fingerprint density at radius 2 is 2.27 bits per heavy atom. The lowest BCUT2D eigenvalue weighted by molar-refractivity contribution is -0.143. The van der Waals surface area contributed by atoms with Gasteiger partial charge in [0.15, 0.2) is 0 Å². The largest absolute Gasteiger partial charge is 0.466 e. The third-order valence-electron chi connectivity index (χ3n) is 1.87. The third kappa shape index (κ3) is 2.89. The van der Waals surface area contributed by atoms with E-state index in [1.807, 2.05) is 6.92 Å². The van der Waals surface area contributed by atoms with Gasteiger partial charge in [0.25, 0.3) is 0 Å². The van der Waals surface area contributed by atoms with Crippen LogP contribution in [0.2, 0.25) is 0 Å². The van der Waals surface area contributed by atoms with Gasteiger partial charge in [-0.25, -0.2) is 0 Å². The summed E-state index contributed by atoms with van der Waals surface area (Å²) in [6.45, 7) is 6.66. The molecule has 0 aromatic rings. The van der Waals surface area contributed by atoms with Crippen molar-refractivity contribution in [3.63, 3.8) is 0 Å². The molecule has 1 aliphatic rings. The monoisotopic (exact) mass is 157 g/mol. The Hall–Kier alpha value is -0.570. The maximum absolute atomic E-state index is 10.9. The Kier molecular flexibility index (Phi) is 2.88. The molecule has 1 rings (SSSR count). The van der Waals surface area contributed by atoms with Gasteiger partial charge in [-0.2, -0.15) is 0 Å². The van der Waals surface area contributed by atoms with E-state index in [0.29, 0.717) is 19.1 Å². The molecule has 3 heteroatoms. The van der Waals surface area contributed by atoms with E-state index in [0.717, 1.165) is 13.1 Å². The maximum Gasteiger partial charge on any atom is 0.307 e. The molecule has 1 fully saturated rings. The highest BCUT2D eigenvalue weighted by Crippen LogP contribution is 2.13. The fourth-order valence-electron chi connectivity index (χ4n) is 1.09. The molecule has 0 radical (unpaired) electrons. The molecular weight excluding hydrogens is 142 g/mol. The minimum absolute atomic E-state index is 0.0769. The van der Waals surface area contributed by atoms with Crippen LogP contribution in [0.1, 0.15) is 20.3 Å². The lowest BCUT2D eigenvalue weighted by Crippen LogP contribution is -2.20. The maximum atomic E-state index is 10.9. The predicted molar refractivity (Wildman–Crippen MR) is 42.3 cm³/mol. The summed E-state index contributed by atoms with van der Waals surface area (Å²) in [6.07, 6.45) is 0.536. The van der Waals surface area contributed by atoms with Crippen LogP contribution >= 0.6 is 0 Å². The Bertz CT molecular complexity index is 143. The third-order valence-corrected chi connectivity index (χ3v) is 1.87. The summed E-state index contributed by atoms with van der Waals surface area (Å²) < 4.78 is 4.82. The second-order valence-corrected chi connectivity index (χ2v) is 2.89. The van der Waals surface area contributed by atoms with Gasteiger partial charge in [0.2, 0.25) is 0 Å². The van der Waals surface area contributed by atoms with Crippen LogP contribution in [0.3, 0.4) is 0 Å². The molecule has 0 aromatic heterocycles. The van der Waals surface area contributed by atoms with Crippen molar-refractivity contribution in [2.24, 2.45) is 0 Å². The van der Waals surface area contributed by atoms with E-state index in [4.69, 9.17) is 4.74 Å². The van der Waals surface area contributed by atoms with Crippen LogP contribution < -0.4 is 0 Å². The first-order valence-electron chi connectivity index (χ1n) is 4.13. The quantitative estimate of drug-likeness (QED) is 0.443. The Balaban J connectivity index is 2.12. The van der Waals surface area contributed by atoms with Crippen LogP contribution in [-0.2, 0) is 9.53 Å². The number of hydrogen-bond donors (Lipinski definition) is 0. The van der Waals surface area contributed by atoms with Crippen molar-refractivity contribution in [2.75, 3.05) is 19.7 Å². The van der Waals surface area contributed by atoms with Crippen molar-refractivity contribution in [1.82, 2.24) is 4.90 Å². The van der Waals surface area contributed by atoms with Crippen molar-refractivity contribution in [2.45, 2.75) is 26.3 Å². The summed E-state index contributed by atoms with van der Waals surface area (Å²) in [5, 5.41) is 0. The number of nitrogens with zero attached hydrogens (tertiary/aromatic N) is 1. The molecule has 11 heavy (non-hydrogen) atoms. The van der Waals surface area contributed by atoms with Crippen molar-refractivity contribution in [1.29, 1.82) is 0 Å². The zero-order valence-corrected chi connectivity index (χ0v) is 7.17. The Morgan fingerprint density at radius 1 is 1.64 bits per heavy atom. The molecule has 0 spiro atoms. The van der Waals surface area contributed by atoms with Gasteiger partial charge in [0.1, 0.15) is 0 Å². The summed E-state index contributed by atoms with van der Waals surface area (Å²) >= 11 is 0. The first kappa shape index (κ1) is 8.53. The summed E-state index contributed by atoms with van der Waals surface area (Å²) in [7, 11) is 0. The van der Waals surface area contributed by atoms with Crippen LogP contribution in [0.25, 0.3) is 0 Å². The molecule has 1 aliphatic heterocycles. The topological polar surface area (TPSA) is 29.3 Å². The van der Waals surface area contributed by atoms with E-state index in [1.54, 1.807) is 0 Å². The molecule has 0 saturated carbocycles. The fourth-order valence-corrected chi connectivity index (χ4v) is 1.09. The van der Waals surface area contributed by atoms with E-state index < -0.39 is 0 Å². The first-order valence-corrected chi connectivity index (χ1v) is 4.13. The van der Waals surface area contributed by atoms with Gasteiger partial charge in [-0.05, 0) is 13.8 Å². The minimum atomic E-state index is -0.0769. The average molecular weight is 157 g/mol. The Labute approximate surface area is 67.3 Å². The molecule has 3 nitrogen and oxygen atoms in total.